The van der Waals surface area contributed by atoms with E-state index in [1.54, 1.807) is 0 Å². The van der Waals surface area contributed by atoms with Gasteiger partial charge >= 0.3 is 0 Å². The van der Waals surface area contributed by atoms with E-state index in [9.17, 15) is 0 Å². The highest BCUT2D eigenvalue weighted by Crippen LogP contribution is 2.08. The van der Waals surface area contributed by atoms with E-state index in [2.05, 4.69) is 75.3 Å². The fourth-order valence-electron chi connectivity index (χ4n) is 2.10. The summed E-state index contributed by atoms with van der Waals surface area (Å²) in [6.45, 7) is 9.69. The lowest BCUT2D eigenvalue weighted by Gasteiger charge is -2.17. The lowest BCUT2D eigenvalue weighted by Crippen LogP contribution is -2.12. The van der Waals surface area contributed by atoms with Gasteiger partial charge in [-0.3, -0.25) is 0 Å². The maximum Gasteiger partial charge on any atom is 0.0219 e. The standard InChI is InChI=1S/C18H27N/c1-16(2)14-19(15-17(3)4)13-9-8-12-18-10-6-5-7-11-18/h5-7,10-11,14-15H,8-9,12-13H2,1-4H3. The lowest BCUT2D eigenvalue weighted by molar-refractivity contribution is 0.471. The Bertz CT molecular complexity index is 389. The van der Waals surface area contributed by atoms with E-state index in [-0.39, 0.29) is 0 Å². The van der Waals surface area contributed by atoms with E-state index in [0.29, 0.717) is 0 Å². The third-order valence-electron chi connectivity index (χ3n) is 2.82. The van der Waals surface area contributed by atoms with Gasteiger partial charge in [-0.25, -0.2) is 0 Å². The van der Waals surface area contributed by atoms with Gasteiger partial charge in [0, 0.05) is 18.9 Å². The number of benzene rings is 1. The first kappa shape index (κ1) is 15.6. The highest BCUT2D eigenvalue weighted by atomic mass is 15.1. The maximum atomic E-state index is 2.32. The second-order valence-electron chi connectivity index (χ2n) is 5.59. The lowest BCUT2D eigenvalue weighted by atomic mass is 10.1. The average Bonchev–Trinajstić information content (AvgIpc) is 2.34. The molecular formula is C18H27N. The SMILES string of the molecule is CC(C)=CN(C=C(C)C)CCCCc1ccccc1. The molecule has 1 rings (SSSR count). The Labute approximate surface area is 118 Å². The fourth-order valence-corrected chi connectivity index (χ4v) is 2.10. The van der Waals surface area contributed by atoms with Crippen LogP contribution in [0.1, 0.15) is 46.1 Å². The van der Waals surface area contributed by atoms with Crippen molar-refractivity contribution in [3.05, 3.63) is 59.4 Å². The molecule has 1 heteroatoms. The van der Waals surface area contributed by atoms with E-state index in [1.807, 2.05) is 0 Å². The number of hydrogen-bond acceptors (Lipinski definition) is 1. The van der Waals surface area contributed by atoms with E-state index in [0.717, 1.165) is 6.54 Å². The normalized spacial score (nSPS) is 9.89. The number of rotatable bonds is 7. The number of nitrogens with zero attached hydrogens (tertiary/aromatic N) is 1. The molecule has 104 valence electrons. The molecule has 0 spiro atoms. The summed E-state index contributed by atoms with van der Waals surface area (Å²) < 4.78 is 0. The Morgan fingerprint density at radius 2 is 1.47 bits per heavy atom. The first-order valence-corrected chi connectivity index (χ1v) is 7.17. The Morgan fingerprint density at radius 3 is 2.00 bits per heavy atom. The zero-order valence-electron chi connectivity index (χ0n) is 12.8. The van der Waals surface area contributed by atoms with E-state index in [1.165, 1.54) is 36.0 Å². The van der Waals surface area contributed by atoms with Gasteiger partial charge in [0.15, 0.2) is 0 Å². The van der Waals surface area contributed by atoms with Crippen LogP contribution in [-0.4, -0.2) is 11.4 Å². The van der Waals surface area contributed by atoms with Crippen LogP contribution in [0.15, 0.2) is 53.9 Å². The van der Waals surface area contributed by atoms with Crippen LogP contribution in [0, 0.1) is 0 Å². The summed E-state index contributed by atoms with van der Waals surface area (Å²) in [5, 5.41) is 0. The van der Waals surface area contributed by atoms with Crippen molar-refractivity contribution >= 4 is 0 Å². The zero-order valence-corrected chi connectivity index (χ0v) is 12.8. The van der Waals surface area contributed by atoms with Crippen LogP contribution >= 0.6 is 0 Å². The van der Waals surface area contributed by atoms with Gasteiger partial charge in [0.2, 0.25) is 0 Å². The quantitative estimate of drug-likeness (QED) is 0.610. The van der Waals surface area contributed by atoms with Crippen LogP contribution in [0.4, 0.5) is 0 Å². The molecule has 1 aromatic rings. The van der Waals surface area contributed by atoms with Crippen LogP contribution in [0.5, 0.6) is 0 Å². The molecule has 0 unspecified atom stereocenters. The van der Waals surface area contributed by atoms with Gasteiger partial charge < -0.3 is 4.90 Å². The van der Waals surface area contributed by atoms with Crippen molar-refractivity contribution in [2.45, 2.75) is 47.0 Å². The molecule has 0 fully saturated rings. The molecule has 0 atom stereocenters. The summed E-state index contributed by atoms with van der Waals surface area (Å²) in [5.41, 5.74) is 4.14. The molecule has 19 heavy (non-hydrogen) atoms. The monoisotopic (exact) mass is 257 g/mol. The first-order chi connectivity index (χ1) is 9.08. The van der Waals surface area contributed by atoms with Gasteiger partial charge in [-0.05, 0) is 52.5 Å². The third-order valence-corrected chi connectivity index (χ3v) is 2.82. The molecule has 0 amide bonds. The van der Waals surface area contributed by atoms with Gasteiger partial charge in [-0.15, -0.1) is 0 Å². The molecule has 0 aliphatic rings. The molecule has 0 saturated heterocycles. The van der Waals surface area contributed by atoms with Gasteiger partial charge in [0.25, 0.3) is 0 Å². The van der Waals surface area contributed by atoms with Gasteiger partial charge in [-0.2, -0.15) is 0 Å². The summed E-state index contributed by atoms with van der Waals surface area (Å²) in [5.74, 6) is 0. The number of allylic oxidation sites excluding steroid dienone is 2. The predicted octanol–water partition coefficient (Wildman–Crippen LogP) is 5.16. The Balaban J connectivity index is 2.36. The molecule has 0 aliphatic heterocycles. The summed E-state index contributed by atoms with van der Waals surface area (Å²) in [6, 6.07) is 10.7. The van der Waals surface area contributed by atoms with E-state index >= 15 is 0 Å². The average molecular weight is 257 g/mol. The minimum Gasteiger partial charge on any atom is -0.354 e. The highest BCUT2D eigenvalue weighted by molar-refractivity contribution is 5.14. The zero-order chi connectivity index (χ0) is 14.1. The Kier molecular flexibility index (Phi) is 7.02. The topological polar surface area (TPSA) is 3.24 Å². The van der Waals surface area contributed by atoms with Crippen molar-refractivity contribution in [3.63, 3.8) is 0 Å². The van der Waals surface area contributed by atoms with Gasteiger partial charge in [-0.1, -0.05) is 41.5 Å². The molecule has 1 aromatic carbocycles. The molecule has 0 bridgehead atoms. The Morgan fingerprint density at radius 1 is 0.895 bits per heavy atom. The minimum atomic E-state index is 1.10. The summed E-state index contributed by atoms with van der Waals surface area (Å²) in [4.78, 5) is 2.32. The van der Waals surface area contributed by atoms with Crippen molar-refractivity contribution < 1.29 is 0 Å². The third kappa shape index (κ3) is 7.50. The van der Waals surface area contributed by atoms with Gasteiger partial charge in [0.1, 0.15) is 0 Å². The van der Waals surface area contributed by atoms with Crippen molar-refractivity contribution in [3.8, 4) is 0 Å². The van der Waals surface area contributed by atoms with Crippen molar-refractivity contribution in [2.24, 2.45) is 0 Å². The predicted molar refractivity (Wildman–Crippen MR) is 84.9 cm³/mol. The van der Waals surface area contributed by atoms with Crippen LogP contribution < -0.4 is 0 Å². The van der Waals surface area contributed by atoms with Crippen LogP contribution in [0.3, 0.4) is 0 Å². The molecule has 0 heterocycles. The summed E-state index contributed by atoms with van der Waals surface area (Å²) in [6.07, 6.45) is 8.11. The van der Waals surface area contributed by atoms with Gasteiger partial charge in [0.05, 0.1) is 0 Å². The van der Waals surface area contributed by atoms with Crippen molar-refractivity contribution in [2.75, 3.05) is 6.54 Å². The number of hydrogen-bond donors (Lipinski definition) is 0. The molecule has 1 nitrogen and oxygen atoms in total. The summed E-state index contributed by atoms with van der Waals surface area (Å²) in [7, 11) is 0. The van der Waals surface area contributed by atoms with Crippen molar-refractivity contribution in [1.82, 2.24) is 4.90 Å². The molecule has 0 aliphatic carbocycles. The Hall–Kier alpha value is -1.50. The first-order valence-electron chi connectivity index (χ1n) is 7.17. The molecule has 0 radical (unpaired) electrons. The van der Waals surface area contributed by atoms with E-state index in [4.69, 9.17) is 0 Å². The molecule has 0 N–H and O–H groups in total. The molecular weight excluding hydrogens is 230 g/mol. The highest BCUT2D eigenvalue weighted by Gasteiger charge is 1.98. The maximum absolute atomic E-state index is 2.32. The minimum absolute atomic E-state index is 1.10. The molecule has 0 aromatic heterocycles. The second-order valence-corrected chi connectivity index (χ2v) is 5.59. The smallest absolute Gasteiger partial charge is 0.0219 e. The van der Waals surface area contributed by atoms with Crippen molar-refractivity contribution in [1.29, 1.82) is 0 Å². The number of aryl methyl sites for hydroxylation is 1. The summed E-state index contributed by atoms with van der Waals surface area (Å²) >= 11 is 0. The van der Waals surface area contributed by atoms with Crippen LogP contribution in [-0.2, 0) is 6.42 Å². The largest absolute Gasteiger partial charge is 0.354 e. The number of unbranched alkanes of at least 4 members (excludes halogenated alkanes) is 1. The fraction of sp³-hybridized carbons (Fsp3) is 0.444. The second kappa shape index (κ2) is 8.58. The van der Waals surface area contributed by atoms with Crippen LogP contribution in [0.25, 0.3) is 0 Å². The molecule has 0 saturated carbocycles. The van der Waals surface area contributed by atoms with Crippen LogP contribution in [0.2, 0.25) is 0 Å². The van der Waals surface area contributed by atoms with E-state index < -0.39 is 0 Å².